The van der Waals surface area contributed by atoms with E-state index in [-0.39, 0.29) is 35.5 Å². The summed E-state index contributed by atoms with van der Waals surface area (Å²) in [5.41, 5.74) is 0. The van der Waals surface area contributed by atoms with Crippen LogP contribution in [0.4, 0.5) is 0 Å². The van der Waals surface area contributed by atoms with Crippen molar-refractivity contribution >= 4 is 33.2 Å². The molecule has 0 unspecified atom stereocenters. The molecule has 2 heterocycles. The Hall–Kier alpha value is -2.17. The fourth-order valence-corrected chi connectivity index (χ4v) is 4.11. The van der Waals surface area contributed by atoms with Crippen molar-refractivity contribution in [2.24, 2.45) is 0 Å². The lowest BCUT2D eigenvalue weighted by Gasteiger charge is -2.05. The molecule has 0 aromatic carbocycles. The van der Waals surface area contributed by atoms with Gasteiger partial charge in [0.2, 0.25) is 15.9 Å². The summed E-state index contributed by atoms with van der Waals surface area (Å²) in [6.45, 7) is 1.86. The van der Waals surface area contributed by atoms with E-state index < -0.39 is 15.9 Å². The lowest BCUT2D eigenvalue weighted by molar-refractivity contribution is -0.119. The fourth-order valence-electron chi connectivity index (χ4n) is 1.74. The van der Waals surface area contributed by atoms with Gasteiger partial charge in [-0.1, -0.05) is 0 Å². The zero-order valence-corrected chi connectivity index (χ0v) is 14.5. The van der Waals surface area contributed by atoms with Gasteiger partial charge in [0.1, 0.15) is 4.21 Å². The third-order valence-corrected chi connectivity index (χ3v) is 5.90. The third-order valence-electron chi connectivity index (χ3n) is 2.86. The average Bonchev–Trinajstić information content (AvgIpc) is 3.20. The van der Waals surface area contributed by atoms with Crippen molar-refractivity contribution in [1.29, 1.82) is 0 Å². The molecule has 0 aliphatic rings. The van der Waals surface area contributed by atoms with Crippen LogP contribution < -0.4 is 15.4 Å². The number of thiophene rings is 1. The normalized spacial score (nSPS) is 11.2. The van der Waals surface area contributed by atoms with Crippen LogP contribution in [0.25, 0.3) is 0 Å². The van der Waals surface area contributed by atoms with E-state index in [1.165, 1.54) is 25.3 Å². The molecule has 10 heteroatoms. The number of carbonyl (C=O) groups excluding carboxylic acids is 2. The predicted octanol–water partition coefficient (Wildman–Crippen LogP) is 0.686. The number of carbonyl (C=O) groups is 2. The highest BCUT2D eigenvalue weighted by atomic mass is 32.2. The molecule has 0 radical (unpaired) electrons. The molecule has 2 aromatic rings. The summed E-state index contributed by atoms with van der Waals surface area (Å²) in [5, 5.41) is 5.15. The highest BCUT2D eigenvalue weighted by molar-refractivity contribution is 7.91. The largest absolute Gasteiger partial charge is 0.459 e. The number of hydrogen-bond donors (Lipinski definition) is 3. The summed E-state index contributed by atoms with van der Waals surface area (Å²) in [6, 6.07) is 6.23. The van der Waals surface area contributed by atoms with Crippen molar-refractivity contribution in [3.8, 4) is 0 Å². The molecule has 24 heavy (non-hydrogen) atoms. The Kier molecular flexibility index (Phi) is 6.12. The molecule has 0 spiro atoms. The van der Waals surface area contributed by atoms with Crippen LogP contribution in [0.5, 0.6) is 0 Å². The molecule has 2 amide bonds. The second-order valence-corrected chi connectivity index (χ2v) is 7.92. The summed E-state index contributed by atoms with van der Waals surface area (Å²) in [5.74, 6) is -0.426. The standard InChI is InChI=1S/C14H17N3O5S2/c1-10(18)16-9-11-4-5-13(23-11)24(20,21)17-7-6-15-14(19)12-3-2-8-22-12/h2-5,8,17H,6-7,9H2,1H3,(H,15,19)(H,16,18). The van der Waals surface area contributed by atoms with Gasteiger partial charge in [0.25, 0.3) is 5.91 Å². The second-order valence-electron chi connectivity index (χ2n) is 4.76. The maximum Gasteiger partial charge on any atom is 0.287 e. The SMILES string of the molecule is CC(=O)NCc1ccc(S(=O)(=O)NCCNC(=O)c2ccco2)s1. The molecular weight excluding hydrogens is 354 g/mol. The Labute approximate surface area is 143 Å². The zero-order valence-electron chi connectivity index (χ0n) is 12.9. The van der Waals surface area contributed by atoms with Crippen LogP contribution in [-0.2, 0) is 21.4 Å². The van der Waals surface area contributed by atoms with Crippen molar-refractivity contribution in [3.05, 3.63) is 41.2 Å². The summed E-state index contributed by atoms with van der Waals surface area (Å²) < 4.78 is 31.8. The molecule has 0 saturated heterocycles. The maximum atomic E-state index is 12.1. The number of hydrogen-bond acceptors (Lipinski definition) is 6. The molecule has 0 bridgehead atoms. The number of furan rings is 1. The van der Waals surface area contributed by atoms with E-state index in [0.717, 1.165) is 16.2 Å². The fraction of sp³-hybridized carbons (Fsp3) is 0.286. The van der Waals surface area contributed by atoms with Gasteiger partial charge in [-0.15, -0.1) is 11.3 Å². The summed E-state index contributed by atoms with van der Waals surface area (Å²) >= 11 is 1.08. The van der Waals surface area contributed by atoms with Crippen LogP contribution in [0, 0.1) is 0 Å². The van der Waals surface area contributed by atoms with Crippen molar-refractivity contribution in [2.45, 2.75) is 17.7 Å². The zero-order chi connectivity index (χ0) is 17.6. The van der Waals surface area contributed by atoms with Gasteiger partial charge in [0.15, 0.2) is 5.76 Å². The van der Waals surface area contributed by atoms with Crippen LogP contribution in [0.15, 0.2) is 39.2 Å². The van der Waals surface area contributed by atoms with E-state index in [9.17, 15) is 18.0 Å². The summed E-state index contributed by atoms with van der Waals surface area (Å²) in [7, 11) is -3.65. The first-order chi connectivity index (χ1) is 11.4. The van der Waals surface area contributed by atoms with Gasteiger partial charge in [-0.3, -0.25) is 9.59 Å². The lowest BCUT2D eigenvalue weighted by Crippen LogP contribution is -2.34. The molecular formula is C14H17N3O5S2. The Morgan fingerprint density at radius 2 is 1.96 bits per heavy atom. The number of nitrogens with one attached hydrogen (secondary N) is 3. The minimum absolute atomic E-state index is 0.0493. The molecule has 3 N–H and O–H groups in total. The third kappa shape index (κ3) is 5.18. The summed E-state index contributed by atoms with van der Waals surface area (Å²) in [4.78, 5) is 23.2. The Bertz CT molecular complexity index is 796. The minimum Gasteiger partial charge on any atom is -0.459 e. The first-order valence-corrected chi connectivity index (χ1v) is 9.33. The molecule has 8 nitrogen and oxygen atoms in total. The van der Waals surface area contributed by atoms with Crippen LogP contribution in [0.1, 0.15) is 22.4 Å². The van der Waals surface area contributed by atoms with Gasteiger partial charge in [0.05, 0.1) is 12.8 Å². The number of rotatable bonds is 8. The van der Waals surface area contributed by atoms with Gasteiger partial charge in [0, 0.05) is 24.9 Å². The first kappa shape index (κ1) is 18.2. The lowest BCUT2D eigenvalue weighted by atomic mass is 10.4. The van der Waals surface area contributed by atoms with Crippen LogP contribution in [-0.4, -0.2) is 33.3 Å². The molecule has 0 aliphatic carbocycles. The second kappa shape index (κ2) is 8.08. The van der Waals surface area contributed by atoms with Gasteiger partial charge in [-0.25, -0.2) is 13.1 Å². The quantitative estimate of drug-likeness (QED) is 0.590. The number of amides is 2. The van der Waals surface area contributed by atoms with E-state index in [1.54, 1.807) is 12.1 Å². The van der Waals surface area contributed by atoms with Crippen molar-refractivity contribution in [3.63, 3.8) is 0 Å². The highest BCUT2D eigenvalue weighted by Crippen LogP contribution is 2.21. The summed E-state index contributed by atoms with van der Waals surface area (Å²) in [6.07, 6.45) is 1.38. The molecule has 2 aromatic heterocycles. The Morgan fingerprint density at radius 1 is 1.17 bits per heavy atom. The predicted molar refractivity (Wildman–Crippen MR) is 88.1 cm³/mol. The maximum absolute atomic E-state index is 12.1. The minimum atomic E-state index is -3.65. The van der Waals surface area contributed by atoms with Crippen molar-refractivity contribution < 1.29 is 22.4 Å². The van der Waals surface area contributed by atoms with Gasteiger partial charge >= 0.3 is 0 Å². The van der Waals surface area contributed by atoms with Gasteiger partial charge in [-0.05, 0) is 24.3 Å². The molecule has 2 rings (SSSR count). The van der Waals surface area contributed by atoms with E-state index in [1.807, 2.05) is 0 Å². The molecule has 0 atom stereocenters. The highest BCUT2D eigenvalue weighted by Gasteiger charge is 2.16. The molecule has 0 fully saturated rings. The smallest absolute Gasteiger partial charge is 0.287 e. The first-order valence-electron chi connectivity index (χ1n) is 7.03. The van der Waals surface area contributed by atoms with E-state index in [2.05, 4.69) is 15.4 Å². The van der Waals surface area contributed by atoms with Crippen molar-refractivity contribution in [2.75, 3.05) is 13.1 Å². The van der Waals surface area contributed by atoms with E-state index in [0.29, 0.717) is 0 Å². The Balaban J connectivity index is 1.81. The average molecular weight is 371 g/mol. The molecule has 0 aliphatic heterocycles. The van der Waals surface area contributed by atoms with Gasteiger partial charge < -0.3 is 15.1 Å². The van der Waals surface area contributed by atoms with Gasteiger partial charge in [-0.2, -0.15) is 0 Å². The monoisotopic (exact) mass is 371 g/mol. The van der Waals surface area contributed by atoms with E-state index >= 15 is 0 Å². The van der Waals surface area contributed by atoms with Crippen LogP contribution in [0.2, 0.25) is 0 Å². The van der Waals surface area contributed by atoms with E-state index in [4.69, 9.17) is 4.42 Å². The topological polar surface area (TPSA) is 118 Å². The molecule has 130 valence electrons. The van der Waals surface area contributed by atoms with Crippen molar-refractivity contribution in [1.82, 2.24) is 15.4 Å². The van der Waals surface area contributed by atoms with Crippen LogP contribution >= 0.6 is 11.3 Å². The number of sulfonamides is 1. The Morgan fingerprint density at radius 3 is 2.62 bits per heavy atom. The molecule has 0 saturated carbocycles. The van der Waals surface area contributed by atoms with Crippen LogP contribution in [0.3, 0.4) is 0 Å².